The molecule has 0 amide bonds. The van der Waals surface area contributed by atoms with Crippen molar-refractivity contribution in [2.24, 2.45) is 11.8 Å². The molecule has 0 aliphatic heterocycles. The highest BCUT2D eigenvalue weighted by Gasteiger charge is 2.32. The molecule has 1 nitrogen and oxygen atoms in total. The first-order valence-corrected chi connectivity index (χ1v) is 8.52. The molecule has 14 heavy (non-hydrogen) atoms. The first kappa shape index (κ1) is 10.7. The molecule has 0 aromatic rings. The minimum atomic E-state index is -0.201. The second-order valence-electron chi connectivity index (χ2n) is 5.01. The fraction of sp³-hybridized carbons (Fsp3) is 1.00. The van der Waals surface area contributed by atoms with Crippen LogP contribution in [0.25, 0.3) is 0 Å². The topological polar surface area (TPSA) is 9.23 Å². The first-order chi connectivity index (χ1) is 6.92. The molecule has 0 aromatic heterocycles. The van der Waals surface area contributed by atoms with Gasteiger partial charge < -0.3 is 4.43 Å². The Labute approximate surface area is 90.6 Å². The highest BCUT2D eigenvalue weighted by Crippen LogP contribution is 2.38. The summed E-state index contributed by atoms with van der Waals surface area (Å²) in [6.45, 7) is 2.29. The van der Waals surface area contributed by atoms with Crippen LogP contribution >= 0.6 is 0 Å². The fourth-order valence-corrected chi connectivity index (χ4v) is 4.35. The fourth-order valence-electron chi connectivity index (χ4n) is 3.42. The van der Waals surface area contributed by atoms with E-state index in [9.17, 15) is 0 Å². The van der Waals surface area contributed by atoms with Crippen LogP contribution in [0.5, 0.6) is 0 Å². The molecule has 0 heterocycles. The Bertz CT molecular complexity index is 144. The van der Waals surface area contributed by atoms with Crippen molar-refractivity contribution in [3.8, 4) is 0 Å². The number of hydrogen-bond donors (Lipinski definition) is 0. The van der Waals surface area contributed by atoms with Crippen LogP contribution < -0.4 is 0 Å². The van der Waals surface area contributed by atoms with Crippen LogP contribution in [0.1, 0.15) is 51.4 Å². The van der Waals surface area contributed by atoms with Gasteiger partial charge in [-0.2, -0.15) is 0 Å². The predicted octanol–water partition coefficient (Wildman–Crippen LogP) is 2.88. The molecule has 0 N–H and O–H groups in total. The normalized spacial score (nSPS) is 26.1. The van der Waals surface area contributed by atoms with Crippen molar-refractivity contribution in [3.05, 3.63) is 0 Å². The summed E-state index contributed by atoms with van der Waals surface area (Å²) in [4.78, 5) is 0. The van der Waals surface area contributed by atoms with Gasteiger partial charge in [0.2, 0.25) is 0 Å². The van der Waals surface area contributed by atoms with E-state index in [1.54, 1.807) is 0 Å². The summed E-state index contributed by atoms with van der Waals surface area (Å²) in [6.07, 6.45) is 12.3. The Morgan fingerprint density at radius 2 is 1.36 bits per heavy atom. The van der Waals surface area contributed by atoms with Crippen molar-refractivity contribution >= 4 is 9.76 Å². The third-order valence-electron chi connectivity index (χ3n) is 4.09. The lowest BCUT2D eigenvalue weighted by molar-refractivity contribution is 0.0839. The van der Waals surface area contributed by atoms with E-state index in [1.165, 1.54) is 51.4 Å². The van der Waals surface area contributed by atoms with Crippen LogP contribution in [0, 0.1) is 11.8 Å². The number of rotatable bonds is 4. The molecule has 0 bridgehead atoms. The largest absolute Gasteiger partial charge is 0.421 e. The van der Waals surface area contributed by atoms with E-state index in [4.69, 9.17) is 4.43 Å². The second-order valence-corrected chi connectivity index (χ2v) is 5.92. The molecule has 2 saturated carbocycles. The van der Waals surface area contributed by atoms with Gasteiger partial charge in [-0.15, -0.1) is 0 Å². The number of hydrogen-bond acceptors (Lipinski definition) is 1. The summed E-state index contributed by atoms with van der Waals surface area (Å²) in [5.74, 6) is 1.87. The molecule has 2 aliphatic carbocycles. The minimum absolute atomic E-state index is 0.201. The summed E-state index contributed by atoms with van der Waals surface area (Å²) in [7, 11) is -0.201. The van der Waals surface area contributed by atoms with Crippen LogP contribution in [0.15, 0.2) is 0 Å². The zero-order valence-corrected chi connectivity index (χ0v) is 10.9. The van der Waals surface area contributed by atoms with Gasteiger partial charge in [-0.1, -0.05) is 32.2 Å². The molecule has 0 saturated heterocycles. The Kier molecular flexibility index (Phi) is 4.06. The van der Waals surface area contributed by atoms with Crippen molar-refractivity contribution in [3.63, 3.8) is 0 Å². The van der Waals surface area contributed by atoms with Gasteiger partial charge in [-0.25, -0.2) is 0 Å². The van der Waals surface area contributed by atoms with Gasteiger partial charge >= 0.3 is 0 Å². The van der Waals surface area contributed by atoms with Crippen molar-refractivity contribution < 1.29 is 4.43 Å². The van der Waals surface area contributed by atoms with Crippen LogP contribution in [0.2, 0.25) is 6.55 Å². The van der Waals surface area contributed by atoms with Crippen molar-refractivity contribution in [1.82, 2.24) is 0 Å². The van der Waals surface area contributed by atoms with Crippen LogP contribution in [-0.4, -0.2) is 15.9 Å². The second kappa shape index (κ2) is 5.31. The first-order valence-electron chi connectivity index (χ1n) is 6.53. The Morgan fingerprint density at radius 3 is 1.71 bits per heavy atom. The van der Waals surface area contributed by atoms with Gasteiger partial charge in [0, 0.05) is 6.10 Å². The summed E-state index contributed by atoms with van der Waals surface area (Å²) < 4.78 is 6.15. The van der Waals surface area contributed by atoms with Crippen molar-refractivity contribution in [2.45, 2.75) is 64.0 Å². The summed E-state index contributed by atoms with van der Waals surface area (Å²) in [5, 5.41) is 0. The lowest BCUT2D eigenvalue weighted by Crippen LogP contribution is -2.30. The van der Waals surface area contributed by atoms with Gasteiger partial charge in [0.15, 0.2) is 9.76 Å². The molecular formula is C12H24OSi. The highest BCUT2D eigenvalue weighted by atomic mass is 28.2. The molecule has 2 rings (SSSR count). The Balaban J connectivity index is 1.91. The van der Waals surface area contributed by atoms with E-state index in [0.29, 0.717) is 6.10 Å². The van der Waals surface area contributed by atoms with Gasteiger partial charge in [0.1, 0.15) is 0 Å². The molecule has 0 spiro atoms. The van der Waals surface area contributed by atoms with Crippen LogP contribution in [0.3, 0.4) is 0 Å². The molecular weight excluding hydrogens is 188 g/mol. The Hall–Kier alpha value is 0.177. The van der Waals surface area contributed by atoms with E-state index < -0.39 is 0 Å². The lowest BCUT2D eigenvalue weighted by atomic mass is 9.89. The van der Waals surface area contributed by atoms with Gasteiger partial charge in [0.25, 0.3) is 0 Å². The average molecular weight is 212 g/mol. The standard InChI is InChI=1S/C12H24OSi/c1-14-13-12(10-6-2-3-7-10)11-8-4-5-9-11/h10-12H,2-9,14H2,1H3. The maximum Gasteiger partial charge on any atom is 0.158 e. The summed E-state index contributed by atoms with van der Waals surface area (Å²) in [6, 6.07) is 0. The molecule has 2 fully saturated rings. The van der Waals surface area contributed by atoms with E-state index in [2.05, 4.69) is 6.55 Å². The quantitative estimate of drug-likeness (QED) is 0.651. The molecule has 2 aliphatic rings. The maximum atomic E-state index is 6.15. The third kappa shape index (κ3) is 2.40. The SMILES string of the molecule is C[SiH2]OC(C1CCCC1)C1CCCC1. The average Bonchev–Trinajstić information content (AvgIpc) is 2.87. The lowest BCUT2D eigenvalue weighted by Gasteiger charge is -2.29. The van der Waals surface area contributed by atoms with E-state index in [1.807, 2.05) is 0 Å². The highest BCUT2D eigenvalue weighted by molar-refractivity contribution is 6.24. The van der Waals surface area contributed by atoms with E-state index in [0.717, 1.165) is 11.8 Å². The monoisotopic (exact) mass is 212 g/mol. The molecule has 0 unspecified atom stereocenters. The summed E-state index contributed by atoms with van der Waals surface area (Å²) in [5.41, 5.74) is 0. The zero-order chi connectivity index (χ0) is 9.80. The van der Waals surface area contributed by atoms with Gasteiger partial charge in [-0.3, -0.25) is 0 Å². The predicted molar refractivity (Wildman–Crippen MR) is 63.2 cm³/mol. The molecule has 0 radical (unpaired) electrons. The van der Waals surface area contributed by atoms with Gasteiger partial charge in [-0.05, 0) is 37.5 Å². The molecule has 82 valence electrons. The molecule has 0 aromatic carbocycles. The minimum Gasteiger partial charge on any atom is -0.421 e. The molecule has 2 heteroatoms. The smallest absolute Gasteiger partial charge is 0.158 e. The van der Waals surface area contributed by atoms with E-state index in [-0.39, 0.29) is 9.76 Å². The van der Waals surface area contributed by atoms with Crippen LogP contribution in [-0.2, 0) is 4.43 Å². The third-order valence-corrected chi connectivity index (χ3v) is 4.81. The van der Waals surface area contributed by atoms with Crippen molar-refractivity contribution in [1.29, 1.82) is 0 Å². The molecule has 0 atom stereocenters. The van der Waals surface area contributed by atoms with Crippen molar-refractivity contribution in [2.75, 3.05) is 0 Å². The summed E-state index contributed by atoms with van der Waals surface area (Å²) >= 11 is 0. The van der Waals surface area contributed by atoms with Crippen LogP contribution in [0.4, 0.5) is 0 Å². The van der Waals surface area contributed by atoms with E-state index >= 15 is 0 Å². The zero-order valence-electron chi connectivity index (χ0n) is 9.50. The maximum absolute atomic E-state index is 6.15. The Morgan fingerprint density at radius 1 is 0.929 bits per heavy atom. The van der Waals surface area contributed by atoms with Gasteiger partial charge in [0.05, 0.1) is 0 Å².